The molecule has 1 N–H and O–H groups in total. The molecule has 0 aromatic heterocycles. The monoisotopic (exact) mass is 275 g/mol. The van der Waals surface area contributed by atoms with Crippen molar-refractivity contribution >= 4 is 23.4 Å². The van der Waals surface area contributed by atoms with Gasteiger partial charge in [-0.2, -0.15) is 0 Å². The van der Waals surface area contributed by atoms with Gasteiger partial charge in [-0.05, 0) is 44.7 Å². The average Bonchev–Trinajstić information content (AvgIpc) is 2.90. The van der Waals surface area contributed by atoms with Gasteiger partial charge in [-0.1, -0.05) is 23.9 Å². The highest BCUT2D eigenvalue weighted by Gasteiger charge is 2.26. The van der Waals surface area contributed by atoms with Crippen LogP contribution in [0, 0.1) is 0 Å². The smallest absolute Gasteiger partial charge is 0.347 e. The van der Waals surface area contributed by atoms with Gasteiger partial charge in [0.2, 0.25) is 0 Å². The summed E-state index contributed by atoms with van der Waals surface area (Å²) < 4.78 is 5.58. The Morgan fingerprint density at radius 1 is 1.32 bits per heavy atom. The van der Waals surface area contributed by atoms with Crippen LogP contribution < -0.4 is 5.32 Å². The molecule has 19 heavy (non-hydrogen) atoms. The molecule has 0 amide bonds. The van der Waals surface area contributed by atoms with E-state index in [1.54, 1.807) is 0 Å². The van der Waals surface area contributed by atoms with Crippen molar-refractivity contribution in [3.8, 4) is 0 Å². The van der Waals surface area contributed by atoms with Crippen molar-refractivity contribution in [2.45, 2.75) is 43.6 Å². The van der Waals surface area contributed by atoms with Gasteiger partial charge < -0.3 is 10.1 Å². The first-order valence-electron chi connectivity index (χ1n) is 6.70. The Morgan fingerprint density at radius 3 is 2.84 bits per heavy atom. The summed E-state index contributed by atoms with van der Waals surface area (Å²) in [5.74, 6) is -0.184. The van der Waals surface area contributed by atoms with Crippen molar-refractivity contribution in [1.82, 2.24) is 0 Å². The van der Waals surface area contributed by atoms with Crippen molar-refractivity contribution in [2.24, 2.45) is 0 Å². The second-order valence-corrected chi connectivity index (χ2v) is 6.04. The Balaban J connectivity index is 1.75. The van der Waals surface area contributed by atoms with E-state index in [1.165, 1.54) is 24.6 Å². The second kappa shape index (κ2) is 5.29. The molecule has 0 atom stereocenters. The van der Waals surface area contributed by atoms with Crippen LogP contribution in [0.4, 0.5) is 5.69 Å². The summed E-state index contributed by atoms with van der Waals surface area (Å²) in [5.41, 5.74) is 1.94. The predicted molar refractivity (Wildman–Crippen MR) is 77.0 cm³/mol. The molecule has 0 bridgehead atoms. The number of anilines is 1. The van der Waals surface area contributed by atoms with Gasteiger partial charge in [-0.15, -0.1) is 0 Å². The van der Waals surface area contributed by atoms with Crippen LogP contribution in [0.15, 0.2) is 39.8 Å². The summed E-state index contributed by atoms with van der Waals surface area (Å²) in [4.78, 5) is 14.0. The topological polar surface area (TPSA) is 38.3 Å². The summed E-state index contributed by atoms with van der Waals surface area (Å²) in [5, 5.41) is 3.27. The zero-order valence-electron chi connectivity index (χ0n) is 10.9. The van der Waals surface area contributed by atoms with Gasteiger partial charge >= 0.3 is 5.97 Å². The molecule has 1 heterocycles. The number of fused-ring (bicyclic) bond motifs is 1. The maximum absolute atomic E-state index is 12.2. The van der Waals surface area contributed by atoms with Gasteiger partial charge in [0.25, 0.3) is 0 Å². The van der Waals surface area contributed by atoms with Crippen molar-refractivity contribution < 1.29 is 9.53 Å². The number of benzene rings is 1. The van der Waals surface area contributed by atoms with Gasteiger partial charge in [0.1, 0.15) is 11.0 Å². The molecule has 1 aromatic rings. The molecule has 1 aliphatic carbocycles. The largest absolute Gasteiger partial charge is 0.458 e. The number of rotatable bonds is 2. The summed E-state index contributed by atoms with van der Waals surface area (Å²) in [6.07, 6.45) is 4.47. The van der Waals surface area contributed by atoms with Gasteiger partial charge in [0, 0.05) is 10.6 Å². The first-order valence-corrected chi connectivity index (χ1v) is 7.51. The first-order chi connectivity index (χ1) is 9.24. The van der Waals surface area contributed by atoms with Crippen LogP contribution in [0.2, 0.25) is 0 Å². The lowest BCUT2D eigenvalue weighted by atomic mass is 10.3. The number of para-hydroxylation sites is 1. The number of ether oxygens (including phenoxy) is 1. The lowest BCUT2D eigenvalue weighted by molar-refractivity contribution is -0.143. The molecule has 4 heteroatoms. The second-order valence-electron chi connectivity index (χ2n) is 4.99. The minimum atomic E-state index is -0.184. The van der Waals surface area contributed by atoms with Gasteiger partial charge in [0.05, 0.1) is 5.69 Å². The number of carbonyl (C=O) groups is 1. The molecule has 1 aliphatic heterocycles. The summed E-state index contributed by atoms with van der Waals surface area (Å²) in [6, 6.07) is 8.00. The fourth-order valence-corrected chi connectivity index (χ4v) is 3.44. The number of allylic oxidation sites excluding steroid dienone is 1. The van der Waals surface area contributed by atoms with E-state index in [2.05, 4.69) is 5.32 Å². The van der Waals surface area contributed by atoms with Crippen LogP contribution in [0.5, 0.6) is 0 Å². The van der Waals surface area contributed by atoms with E-state index in [9.17, 15) is 4.79 Å². The van der Waals surface area contributed by atoms with Gasteiger partial charge in [0.15, 0.2) is 0 Å². The standard InChI is InChI=1S/C15H17NO2S/c1-10-14(15(17)18-11-6-2-3-7-11)19-13-9-5-4-8-12(13)16-10/h4-5,8-9,11,16H,2-3,6-7H2,1H3. The average molecular weight is 275 g/mol. The molecule has 1 aromatic carbocycles. The molecule has 0 unspecified atom stereocenters. The van der Waals surface area contributed by atoms with Crippen molar-refractivity contribution in [2.75, 3.05) is 5.32 Å². The number of carbonyl (C=O) groups excluding carboxylic acids is 1. The molecular formula is C15H17NO2S. The highest BCUT2D eigenvalue weighted by molar-refractivity contribution is 8.04. The van der Waals surface area contributed by atoms with Crippen LogP contribution in [0.25, 0.3) is 0 Å². The van der Waals surface area contributed by atoms with Crippen LogP contribution >= 0.6 is 11.8 Å². The van der Waals surface area contributed by atoms with E-state index >= 15 is 0 Å². The summed E-state index contributed by atoms with van der Waals surface area (Å²) in [6.45, 7) is 1.92. The fourth-order valence-electron chi connectivity index (χ4n) is 2.51. The Hall–Kier alpha value is -1.42. The molecule has 0 radical (unpaired) electrons. The number of thioether (sulfide) groups is 1. The minimum absolute atomic E-state index is 0.116. The molecule has 2 aliphatic rings. The molecule has 1 fully saturated rings. The molecule has 100 valence electrons. The maximum Gasteiger partial charge on any atom is 0.347 e. The Morgan fingerprint density at radius 2 is 2.05 bits per heavy atom. The van der Waals surface area contributed by atoms with Crippen LogP contribution in [0.3, 0.4) is 0 Å². The Labute approximate surface area is 117 Å². The zero-order chi connectivity index (χ0) is 13.2. The number of esters is 1. The molecular weight excluding hydrogens is 258 g/mol. The third kappa shape index (κ3) is 2.63. The van der Waals surface area contributed by atoms with Gasteiger partial charge in [-0.25, -0.2) is 4.79 Å². The highest BCUT2D eigenvalue weighted by atomic mass is 32.2. The van der Waals surface area contributed by atoms with Crippen molar-refractivity contribution in [3.05, 3.63) is 34.9 Å². The molecule has 3 nitrogen and oxygen atoms in total. The Kier molecular flexibility index (Phi) is 3.51. The summed E-state index contributed by atoms with van der Waals surface area (Å²) in [7, 11) is 0. The molecule has 0 spiro atoms. The SMILES string of the molecule is CC1=C(C(=O)OC2CCCC2)Sc2ccccc2N1. The van der Waals surface area contributed by atoms with Crippen LogP contribution in [-0.2, 0) is 9.53 Å². The fraction of sp³-hybridized carbons (Fsp3) is 0.400. The van der Waals surface area contributed by atoms with Crippen molar-refractivity contribution in [1.29, 1.82) is 0 Å². The highest BCUT2D eigenvalue weighted by Crippen LogP contribution is 2.40. The van der Waals surface area contributed by atoms with E-state index in [0.29, 0.717) is 4.91 Å². The van der Waals surface area contributed by atoms with E-state index in [0.717, 1.165) is 29.1 Å². The van der Waals surface area contributed by atoms with Crippen molar-refractivity contribution in [3.63, 3.8) is 0 Å². The number of hydrogen-bond donors (Lipinski definition) is 1. The quantitative estimate of drug-likeness (QED) is 0.830. The lowest BCUT2D eigenvalue weighted by Crippen LogP contribution is -2.19. The van der Waals surface area contributed by atoms with Crippen LogP contribution in [-0.4, -0.2) is 12.1 Å². The third-order valence-electron chi connectivity index (χ3n) is 3.52. The van der Waals surface area contributed by atoms with E-state index in [4.69, 9.17) is 4.74 Å². The van der Waals surface area contributed by atoms with Crippen LogP contribution in [0.1, 0.15) is 32.6 Å². The lowest BCUT2D eigenvalue weighted by Gasteiger charge is -2.22. The molecule has 0 saturated heterocycles. The number of hydrogen-bond acceptors (Lipinski definition) is 4. The van der Waals surface area contributed by atoms with E-state index < -0.39 is 0 Å². The Bertz CT molecular complexity index is 533. The third-order valence-corrected chi connectivity index (χ3v) is 4.78. The van der Waals surface area contributed by atoms with E-state index in [1.807, 2.05) is 31.2 Å². The first kappa shape index (κ1) is 12.6. The zero-order valence-corrected chi connectivity index (χ0v) is 11.8. The van der Waals surface area contributed by atoms with Gasteiger partial charge in [-0.3, -0.25) is 0 Å². The number of nitrogens with one attached hydrogen (secondary N) is 1. The normalized spacial score (nSPS) is 19.0. The summed E-state index contributed by atoms with van der Waals surface area (Å²) >= 11 is 1.50. The minimum Gasteiger partial charge on any atom is -0.458 e. The predicted octanol–water partition coefficient (Wildman–Crippen LogP) is 3.92. The maximum atomic E-state index is 12.2. The van der Waals surface area contributed by atoms with E-state index in [-0.39, 0.29) is 12.1 Å². The molecule has 3 rings (SSSR count). The molecule has 1 saturated carbocycles.